The fraction of sp³-hybridized carbons (Fsp3) is 0.190. The van der Waals surface area contributed by atoms with Crippen molar-refractivity contribution in [3.05, 3.63) is 66.2 Å². The number of rotatable bonds is 6. The fourth-order valence-corrected chi connectivity index (χ4v) is 3.91. The Labute approximate surface area is 178 Å². The predicted molar refractivity (Wildman–Crippen MR) is 118 cm³/mol. The van der Waals surface area contributed by atoms with Gasteiger partial charge in [0.1, 0.15) is 11.0 Å². The van der Waals surface area contributed by atoms with E-state index in [9.17, 15) is 9.59 Å². The highest BCUT2D eigenvalue weighted by Gasteiger charge is 2.35. The lowest BCUT2D eigenvalue weighted by Gasteiger charge is -2.31. The molecule has 1 N–H and O–H groups in total. The van der Waals surface area contributed by atoms with Crippen molar-refractivity contribution in [2.45, 2.75) is 11.7 Å². The number of methoxy groups -OCH3 is 1. The second kappa shape index (κ2) is 9.62. The standard InChI is InChI=1S/C21H20ClN3O3S/c1-3-12-25-19(26)13-18(20(27)23-15-8-10-17(28-2)11-9-15)29-21(25)24-16-6-4-14(22)5-7-16/h3-11,18H,1,12-13H2,2H3,(H,23,27). The first-order valence-corrected chi connectivity index (χ1v) is 10.1. The molecule has 1 saturated heterocycles. The molecule has 0 radical (unpaired) electrons. The summed E-state index contributed by atoms with van der Waals surface area (Å²) in [6.07, 6.45) is 1.72. The number of ether oxygens (including phenoxy) is 1. The maximum Gasteiger partial charge on any atom is 0.238 e. The molecule has 0 saturated carbocycles. The molecule has 1 unspecified atom stereocenters. The van der Waals surface area contributed by atoms with Crippen LogP contribution < -0.4 is 10.1 Å². The highest BCUT2D eigenvalue weighted by atomic mass is 35.5. The maximum absolute atomic E-state index is 12.7. The van der Waals surface area contributed by atoms with Gasteiger partial charge in [-0.15, -0.1) is 6.58 Å². The lowest BCUT2D eigenvalue weighted by Crippen LogP contribution is -2.45. The number of hydrogen-bond acceptors (Lipinski definition) is 5. The van der Waals surface area contributed by atoms with Gasteiger partial charge in [-0.05, 0) is 48.5 Å². The van der Waals surface area contributed by atoms with Gasteiger partial charge in [0.2, 0.25) is 11.8 Å². The van der Waals surface area contributed by atoms with E-state index in [1.165, 1.54) is 16.7 Å². The molecule has 0 spiro atoms. The minimum atomic E-state index is -0.586. The topological polar surface area (TPSA) is 71.0 Å². The number of benzene rings is 2. The van der Waals surface area contributed by atoms with Crippen LogP contribution >= 0.6 is 23.4 Å². The predicted octanol–water partition coefficient (Wildman–Crippen LogP) is 4.49. The SMILES string of the molecule is C=CCN1C(=O)CC(C(=O)Nc2ccc(OC)cc2)SC1=Nc1ccc(Cl)cc1. The molecule has 0 aromatic heterocycles. The molecule has 2 aromatic carbocycles. The molecule has 1 fully saturated rings. The highest BCUT2D eigenvalue weighted by Crippen LogP contribution is 2.30. The van der Waals surface area contributed by atoms with Gasteiger partial charge in [-0.25, -0.2) is 4.99 Å². The lowest BCUT2D eigenvalue weighted by atomic mass is 10.2. The van der Waals surface area contributed by atoms with Crippen LogP contribution in [-0.4, -0.2) is 40.8 Å². The van der Waals surface area contributed by atoms with Crippen LogP contribution in [0.1, 0.15) is 6.42 Å². The van der Waals surface area contributed by atoms with E-state index in [0.29, 0.717) is 33.9 Å². The van der Waals surface area contributed by atoms with Gasteiger partial charge < -0.3 is 10.1 Å². The zero-order valence-corrected chi connectivity index (χ0v) is 17.4. The van der Waals surface area contributed by atoms with Crippen LogP contribution in [0.15, 0.2) is 66.2 Å². The minimum absolute atomic E-state index is 0.0835. The summed E-state index contributed by atoms with van der Waals surface area (Å²) < 4.78 is 5.12. The number of aliphatic imine (C=N–C) groups is 1. The Morgan fingerprint density at radius 2 is 2.00 bits per heavy atom. The number of amidine groups is 1. The summed E-state index contributed by atoms with van der Waals surface area (Å²) in [4.78, 5) is 31.5. The van der Waals surface area contributed by atoms with Crippen molar-refractivity contribution < 1.29 is 14.3 Å². The van der Waals surface area contributed by atoms with Crippen molar-refractivity contribution in [1.82, 2.24) is 4.90 Å². The fourth-order valence-electron chi connectivity index (χ4n) is 2.67. The quantitative estimate of drug-likeness (QED) is 0.686. The molecule has 1 aliphatic heterocycles. The molecule has 8 heteroatoms. The normalized spacial score (nSPS) is 17.9. The van der Waals surface area contributed by atoms with Crippen LogP contribution in [0.4, 0.5) is 11.4 Å². The number of carbonyl (C=O) groups excluding carboxylic acids is 2. The van der Waals surface area contributed by atoms with Gasteiger partial charge in [0, 0.05) is 23.7 Å². The van der Waals surface area contributed by atoms with E-state index in [1.54, 1.807) is 61.7 Å². The Balaban J connectivity index is 1.79. The van der Waals surface area contributed by atoms with Crippen molar-refractivity contribution in [2.24, 2.45) is 4.99 Å². The van der Waals surface area contributed by atoms with Gasteiger partial charge in [0.25, 0.3) is 0 Å². The smallest absolute Gasteiger partial charge is 0.238 e. The lowest BCUT2D eigenvalue weighted by molar-refractivity contribution is -0.129. The monoisotopic (exact) mass is 429 g/mol. The summed E-state index contributed by atoms with van der Waals surface area (Å²) in [6, 6.07) is 14.0. The number of anilines is 1. The van der Waals surface area contributed by atoms with Crippen molar-refractivity contribution >= 4 is 51.7 Å². The molecule has 29 heavy (non-hydrogen) atoms. The van der Waals surface area contributed by atoms with E-state index < -0.39 is 5.25 Å². The molecule has 1 heterocycles. The van der Waals surface area contributed by atoms with Crippen LogP contribution in [-0.2, 0) is 9.59 Å². The summed E-state index contributed by atoms with van der Waals surface area (Å²) in [7, 11) is 1.58. The number of halogens is 1. The Bertz CT molecular complexity index is 929. The van der Waals surface area contributed by atoms with E-state index in [-0.39, 0.29) is 18.2 Å². The Morgan fingerprint density at radius 3 is 2.62 bits per heavy atom. The summed E-state index contributed by atoms with van der Waals surface area (Å²) >= 11 is 7.18. The van der Waals surface area contributed by atoms with Crippen molar-refractivity contribution in [2.75, 3.05) is 19.0 Å². The number of hydrogen-bond donors (Lipinski definition) is 1. The molecule has 1 atom stereocenters. The van der Waals surface area contributed by atoms with E-state index >= 15 is 0 Å². The van der Waals surface area contributed by atoms with E-state index in [0.717, 1.165) is 0 Å². The van der Waals surface area contributed by atoms with Gasteiger partial charge in [-0.1, -0.05) is 29.4 Å². The van der Waals surface area contributed by atoms with Crippen LogP contribution in [0.5, 0.6) is 5.75 Å². The molecule has 150 valence electrons. The Kier molecular flexibility index (Phi) is 6.95. The van der Waals surface area contributed by atoms with E-state index in [2.05, 4.69) is 16.9 Å². The molecule has 3 rings (SSSR count). The zero-order valence-electron chi connectivity index (χ0n) is 15.8. The number of carbonyl (C=O) groups is 2. The number of nitrogens with zero attached hydrogens (tertiary/aromatic N) is 2. The Morgan fingerprint density at radius 1 is 1.31 bits per heavy atom. The third kappa shape index (κ3) is 5.40. The zero-order chi connectivity index (χ0) is 20.8. The first-order chi connectivity index (χ1) is 14.0. The largest absolute Gasteiger partial charge is 0.497 e. The van der Waals surface area contributed by atoms with Gasteiger partial charge in [-0.2, -0.15) is 0 Å². The third-order valence-corrected chi connectivity index (χ3v) is 5.59. The van der Waals surface area contributed by atoms with E-state index in [1.807, 2.05) is 0 Å². The van der Waals surface area contributed by atoms with Crippen LogP contribution in [0.25, 0.3) is 0 Å². The first kappa shape index (κ1) is 21.0. The number of nitrogens with one attached hydrogen (secondary N) is 1. The average molecular weight is 430 g/mol. The molecule has 6 nitrogen and oxygen atoms in total. The molecule has 0 bridgehead atoms. The second-order valence-electron chi connectivity index (χ2n) is 6.19. The van der Waals surface area contributed by atoms with Crippen molar-refractivity contribution in [3.8, 4) is 5.75 Å². The highest BCUT2D eigenvalue weighted by molar-refractivity contribution is 8.15. The summed E-state index contributed by atoms with van der Waals surface area (Å²) in [6.45, 7) is 4.03. The molecule has 1 aliphatic rings. The molecule has 0 aliphatic carbocycles. The number of thioether (sulfide) groups is 1. The van der Waals surface area contributed by atoms with Crippen molar-refractivity contribution in [3.63, 3.8) is 0 Å². The van der Waals surface area contributed by atoms with E-state index in [4.69, 9.17) is 16.3 Å². The first-order valence-electron chi connectivity index (χ1n) is 8.87. The second-order valence-corrected chi connectivity index (χ2v) is 7.80. The van der Waals surface area contributed by atoms with Crippen LogP contribution in [0.3, 0.4) is 0 Å². The van der Waals surface area contributed by atoms with Gasteiger partial charge in [0.15, 0.2) is 5.17 Å². The summed E-state index contributed by atoms with van der Waals surface area (Å²) in [5.41, 5.74) is 1.28. The summed E-state index contributed by atoms with van der Waals surface area (Å²) in [5.74, 6) is 0.268. The maximum atomic E-state index is 12.7. The minimum Gasteiger partial charge on any atom is -0.497 e. The van der Waals surface area contributed by atoms with Crippen LogP contribution in [0.2, 0.25) is 5.02 Å². The Hall–Kier alpha value is -2.77. The van der Waals surface area contributed by atoms with Gasteiger partial charge in [0.05, 0.1) is 12.8 Å². The average Bonchev–Trinajstić information content (AvgIpc) is 2.72. The van der Waals surface area contributed by atoms with Crippen molar-refractivity contribution in [1.29, 1.82) is 0 Å². The molecule has 2 aromatic rings. The third-order valence-electron chi connectivity index (χ3n) is 4.15. The van der Waals surface area contributed by atoms with Crippen LogP contribution in [0, 0.1) is 0 Å². The number of amides is 2. The van der Waals surface area contributed by atoms with Gasteiger partial charge >= 0.3 is 0 Å². The molecular weight excluding hydrogens is 410 g/mol. The summed E-state index contributed by atoms with van der Waals surface area (Å²) in [5, 5.41) is 3.31. The molecular formula is C21H20ClN3O3S. The molecule has 2 amide bonds. The van der Waals surface area contributed by atoms with Gasteiger partial charge in [-0.3, -0.25) is 14.5 Å².